The number of fused-ring (bicyclic) bond motifs is 7. The smallest absolute Gasteiger partial charge is 0.252 e. The highest BCUT2D eigenvalue weighted by Crippen LogP contribution is 2.49. The van der Waals surface area contributed by atoms with Gasteiger partial charge in [0, 0.05) is 56.1 Å². The summed E-state index contributed by atoms with van der Waals surface area (Å²) in [6.07, 6.45) is 0. The van der Waals surface area contributed by atoms with Crippen molar-refractivity contribution in [1.82, 2.24) is 4.57 Å². The molecule has 0 amide bonds. The van der Waals surface area contributed by atoms with E-state index < -0.39 is 0 Å². The zero-order chi connectivity index (χ0) is 50.1. The first-order chi connectivity index (χ1) is 37.7. The van der Waals surface area contributed by atoms with E-state index in [-0.39, 0.29) is 6.71 Å². The Balaban J connectivity index is 1.05. The van der Waals surface area contributed by atoms with E-state index in [0.29, 0.717) is 0 Å². The molecule has 76 heavy (non-hydrogen) atoms. The molecule has 2 aliphatic heterocycles. The van der Waals surface area contributed by atoms with E-state index in [1.54, 1.807) is 0 Å². The van der Waals surface area contributed by atoms with Gasteiger partial charge in [-0.25, -0.2) is 0 Å². The Morgan fingerprint density at radius 1 is 0.250 bits per heavy atom. The molecule has 354 valence electrons. The molecule has 12 aromatic carbocycles. The van der Waals surface area contributed by atoms with Gasteiger partial charge < -0.3 is 14.4 Å². The minimum absolute atomic E-state index is 0.109. The summed E-state index contributed by atoms with van der Waals surface area (Å²) in [5, 5.41) is 2.45. The van der Waals surface area contributed by atoms with Crippen LogP contribution in [0.15, 0.2) is 291 Å². The van der Waals surface area contributed by atoms with Gasteiger partial charge >= 0.3 is 0 Å². The van der Waals surface area contributed by atoms with Crippen molar-refractivity contribution in [2.24, 2.45) is 0 Å². The molecular formula is C72H48BN3. The number of para-hydroxylation sites is 3. The van der Waals surface area contributed by atoms with Gasteiger partial charge in [-0.3, -0.25) is 0 Å². The quantitative estimate of drug-likeness (QED) is 0.141. The van der Waals surface area contributed by atoms with E-state index >= 15 is 0 Å². The lowest BCUT2D eigenvalue weighted by atomic mass is 9.33. The first kappa shape index (κ1) is 43.7. The SMILES string of the molecule is c1ccc(-c2ccc(N3c4ccc(-c5ccccc5)cc4B4c5cc(-c6ccccc6)ccc5N(c5ccc(-c6ccccc6)cc5)c5cc(-c6cccc7c8ccccc8n(-c8ccccc8)c67)cc3c54)cc2)cc1. The molecule has 0 bridgehead atoms. The standard InChI is InChI=1S/C72H48BN3/c1-6-19-49(20-7-1)53-33-39-59(40-34-53)74-67-43-37-55(51-23-10-3-11-24-51)45-64(67)73-65-46-56(52-25-12-4-13-26-52)38-44-68(65)75(60-41-35-54(36-42-60)50-21-8-2-9-22-50)70-48-57(47-69(74)71(70)73)61-30-18-31-63-62-29-16-17-32-66(62)76(72(61)63)58-27-14-5-15-28-58/h1-48H. The normalized spacial score (nSPS) is 12.4. The van der Waals surface area contributed by atoms with Crippen molar-refractivity contribution in [2.75, 3.05) is 9.80 Å². The van der Waals surface area contributed by atoms with E-state index in [1.807, 2.05) is 0 Å². The molecule has 0 unspecified atom stereocenters. The molecular weight excluding hydrogens is 918 g/mol. The highest BCUT2D eigenvalue weighted by molar-refractivity contribution is 7.00. The van der Waals surface area contributed by atoms with E-state index in [1.165, 1.54) is 99.6 Å². The monoisotopic (exact) mass is 965 g/mol. The molecule has 0 spiro atoms. The topological polar surface area (TPSA) is 11.4 Å². The number of nitrogens with zero attached hydrogens (tertiary/aromatic N) is 3. The lowest BCUT2D eigenvalue weighted by Crippen LogP contribution is -2.61. The predicted molar refractivity (Wildman–Crippen MR) is 322 cm³/mol. The molecule has 15 rings (SSSR count). The molecule has 0 radical (unpaired) electrons. The molecule has 0 atom stereocenters. The Morgan fingerprint density at radius 2 is 0.645 bits per heavy atom. The minimum atomic E-state index is -0.109. The zero-order valence-electron chi connectivity index (χ0n) is 41.6. The van der Waals surface area contributed by atoms with Crippen LogP contribution in [0, 0.1) is 0 Å². The van der Waals surface area contributed by atoms with Crippen molar-refractivity contribution in [1.29, 1.82) is 0 Å². The van der Waals surface area contributed by atoms with E-state index in [2.05, 4.69) is 306 Å². The van der Waals surface area contributed by atoms with Crippen molar-refractivity contribution in [2.45, 2.75) is 0 Å². The third-order valence-corrected chi connectivity index (χ3v) is 15.8. The number of hydrogen-bond donors (Lipinski definition) is 0. The highest BCUT2D eigenvalue weighted by Gasteiger charge is 2.44. The number of hydrogen-bond acceptors (Lipinski definition) is 2. The summed E-state index contributed by atoms with van der Waals surface area (Å²) in [6.45, 7) is -0.109. The largest absolute Gasteiger partial charge is 0.311 e. The van der Waals surface area contributed by atoms with Crippen molar-refractivity contribution in [3.05, 3.63) is 291 Å². The highest BCUT2D eigenvalue weighted by atomic mass is 15.2. The predicted octanol–water partition coefficient (Wildman–Crippen LogP) is 17.2. The molecule has 4 heteroatoms. The van der Waals surface area contributed by atoms with Crippen molar-refractivity contribution in [3.63, 3.8) is 0 Å². The molecule has 13 aromatic rings. The second-order valence-electron chi connectivity index (χ2n) is 20.0. The summed E-state index contributed by atoms with van der Waals surface area (Å²) < 4.78 is 2.47. The summed E-state index contributed by atoms with van der Waals surface area (Å²) in [4.78, 5) is 5.10. The van der Waals surface area contributed by atoms with Gasteiger partial charge in [0.25, 0.3) is 6.71 Å². The van der Waals surface area contributed by atoms with Crippen LogP contribution in [0.25, 0.3) is 83.1 Å². The third-order valence-electron chi connectivity index (χ3n) is 15.8. The fourth-order valence-corrected chi connectivity index (χ4v) is 12.3. The molecule has 0 saturated heterocycles. The van der Waals surface area contributed by atoms with Crippen molar-refractivity contribution >= 4 is 79.0 Å². The molecule has 0 aliphatic carbocycles. The van der Waals surface area contributed by atoms with Crippen LogP contribution >= 0.6 is 0 Å². The van der Waals surface area contributed by atoms with Crippen LogP contribution in [0.5, 0.6) is 0 Å². The Hall–Kier alpha value is -9.90. The number of benzene rings is 12. The third kappa shape index (κ3) is 7.14. The molecule has 1 aromatic heterocycles. The molecule has 2 aliphatic rings. The first-order valence-electron chi connectivity index (χ1n) is 26.3. The Morgan fingerprint density at radius 3 is 1.13 bits per heavy atom. The average Bonchev–Trinajstić information content (AvgIpc) is 3.96. The summed E-state index contributed by atoms with van der Waals surface area (Å²) >= 11 is 0. The maximum atomic E-state index is 2.55. The number of aromatic nitrogens is 1. The second kappa shape index (κ2) is 17.9. The van der Waals surface area contributed by atoms with Crippen LogP contribution in [0.1, 0.15) is 0 Å². The second-order valence-corrected chi connectivity index (χ2v) is 20.0. The van der Waals surface area contributed by atoms with Gasteiger partial charge in [-0.1, -0.05) is 224 Å². The fraction of sp³-hybridized carbons (Fsp3) is 0. The van der Waals surface area contributed by atoms with Gasteiger partial charge in [-0.15, -0.1) is 0 Å². The van der Waals surface area contributed by atoms with Gasteiger partial charge in [0.05, 0.1) is 11.0 Å². The van der Waals surface area contributed by atoms with E-state index in [0.717, 1.165) is 34.0 Å². The van der Waals surface area contributed by atoms with E-state index in [4.69, 9.17) is 0 Å². The molecule has 0 saturated carbocycles. The van der Waals surface area contributed by atoms with Crippen LogP contribution in [0.2, 0.25) is 0 Å². The first-order valence-corrected chi connectivity index (χ1v) is 26.3. The number of rotatable bonds is 8. The number of anilines is 6. The van der Waals surface area contributed by atoms with Crippen molar-refractivity contribution in [3.8, 4) is 61.3 Å². The summed E-state index contributed by atoms with van der Waals surface area (Å²) in [5.41, 5.74) is 26.0. The maximum Gasteiger partial charge on any atom is 0.252 e. The van der Waals surface area contributed by atoms with Gasteiger partial charge in [0.15, 0.2) is 0 Å². The fourth-order valence-electron chi connectivity index (χ4n) is 12.3. The lowest BCUT2D eigenvalue weighted by molar-refractivity contribution is 1.18. The summed E-state index contributed by atoms with van der Waals surface area (Å²) in [5.74, 6) is 0. The van der Waals surface area contributed by atoms with Crippen LogP contribution in [-0.4, -0.2) is 11.3 Å². The van der Waals surface area contributed by atoms with Gasteiger partial charge in [0.1, 0.15) is 0 Å². The van der Waals surface area contributed by atoms with Crippen LogP contribution < -0.4 is 26.2 Å². The van der Waals surface area contributed by atoms with Crippen LogP contribution in [0.4, 0.5) is 34.1 Å². The zero-order valence-corrected chi connectivity index (χ0v) is 41.6. The van der Waals surface area contributed by atoms with Crippen LogP contribution in [-0.2, 0) is 0 Å². The summed E-state index contributed by atoms with van der Waals surface area (Å²) in [6, 6.07) is 107. The molecule has 3 nitrogen and oxygen atoms in total. The average molecular weight is 966 g/mol. The molecule has 0 fully saturated rings. The summed E-state index contributed by atoms with van der Waals surface area (Å²) in [7, 11) is 0. The molecule has 0 N–H and O–H groups in total. The Kier molecular flexibility index (Phi) is 10.3. The van der Waals surface area contributed by atoms with Gasteiger partial charge in [-0.2, -0.15) is 0 Å². The van der Waals surface area contributed by atoms with Crippen LogP contribution in [0.3, 0.4) is 0 Å². The van der Waals surface area contributed by atoms with Gasteiger partial charge in [-0.05, 0) is 133 Å². The van der Waals surface area contributed by atoms with Gasteiger partial charge in [0.2, 0.25) is 0 Å². The van der Waals surface area contributed by atoms with E-state index in [9.17, 15) is 0 Å². The van der Waals surface area contributed by atoms with Crippen molar-refractivity contribution < 1.29 is 0 Å². The minimum Gasteiger partial charge on any atom is -0.311 e. The lowest BCUT2D eigenvalue weighted by Gasteiger charge is -2.44. The Labute approximate surface area is 443 Å². The molecule has 3 heterocycles. The maximum absolute atomic E-state index is 2.55. The Bertz CT molecular complexity index is 4110.